The molecule has 1 saturated heterocycles. The van der Waals surface area contributed by atoms with Gasteiger partial charge in [-0.15, -0.1) is 0 Å². The van der Waals surface area contributed by atoms with Gasteiger partial charge in [-0.25, -0.2) is 0 Å². The van der Waals surface area contributed by atoms with Crippen LogP contribution in [0.4, 0.5) is 0 Å². The molecule has 0 bridgehead atoms. The van der Waals surface area contributed by atoms with Crippen molar-refractivity contribution >= 4 is 5.91 Å². The SMILES string of the molecule is CCN(CC)C(=O)[C@H]1CCCN(Cc2nc(-c3ccccn3)no2)C1. The van der Waals surface area contributed by atoms with E-state index in [-0.39, 0.29) is 11.8 Å². The number of nitrogens with zero attached hydrogens (tertiary/aromatic N) is 5. The van der Waals surface area contributed by atoms with E-state index in [1.54, 1.807) is 6.20 Å². The van der Waals surface area contributed by atoms with E-state index in [0.29, 0.717) is 24.0 Å². The van der Waals surface area contributed by atoms with E-state index in [2.05, 4.69) is 20.0 Å². The summed E-state index contributed by atoms with van der Waals surface area (Å²) in [6.45, 7) is 7.85. The molecular weight excluding hydrogens is 318 g/mol. The minimum Gasteiger partial charge on any atom is -0.343 e. The van der Waals surface area contributed by atoms with Gasteiger partial charge in [0.1, 0.15) is 5.69 Å². The molecule has 0 N–H and O–H groups in total. The van der Waals surface area contributed by atoms with Crippen LogP contribution in [0.3, 0.4) is 0 Å². The maximum atomic E-state index is 12.6. The van der Waals surface area contributed by atoms with Crippen LogP contribution in [0.2, 0.25) is 0 Å². The summed E-state index contributed by atoms with van der Waals surface area (Å²) in [4.78, 5) is 25.4. The standard InChI is InChI=1S/C18H25N5O2/c1-3-23(4-2)18(24)14-8-7-11-22(12-14)13-16-20-17(21-25-16)15-9-5-6-10-19-15/h5-6,9-10,14H,3-4,7-8,11-13H2,1-2H3/t14-/m0/s1. The number of amides is 1. The number of likely N-dealkylation sites (tertiary alicyclic amines) is 1. The van der Waals surface area contributed by atoms with Crippen LogP contribution in [0.5, 0.6) is 0 Å². The first-order valence-electron chi connectivity index (χ1n) is 8.96. The predicted molar refractivity (Wildman–Crippen MR) is 93.5 cm³/mol. The summed E-state index contributed by atoms with van der Waals surface area (Å²) in [6, 6.07) is 5.60. The molecule has 0 aliphatic carbocycles. The first kappa shape index (κ1) is 17.5. The zero-order valence-corrected chi connectivity index (χ0v) is 14.9. The third-order valence-corrected chi connectivity index (χ3v) is 4.65. The van der Waals surface area contributed by atoms with Gasteiger partial charge in [0, 0.05) is 25.8 Å². The maximum absolute atomic E-state index is 12.6. The van der Waals surface area contributed by atoms with Gasteiger partial charge in [0.25, 0.3) is 0 Å². The Labute approximate surface area is 148 Å². The Morgan fingerprint density at radius 3 is 2.92 bits per heavy atom. The fraction of sp³-hybridized carbons (Fsp3) is 0.556. The van der Waals surface area contributed by atoms with Gasteiger partial charge in [0.05, 0.1) is 12.5 Å². The Balaban J connectivity index is 1.61. The molecule has 0 saturated carbocycles. The molecule has 134 valence electrons. The highest BCUT2D eigenvalue weighted by Gasteiger charge is 2.29. The number of carbonyl (C=O) groups excluding carboxylic acids is 1. The van der Waals surface area contributed by atoms with Gasteiger partial charge >= 0.3 is 0 Å². The second-order valence-electron chi connectivity index (χ2n) is 6.31. The quantitative estimate of drug-likeness (QED) is 0.800. The molecule has 1 aliphatic rings. The van der Waals surface area contributed by atoms with E-state index >= 15 is 0 Å². The highest BCUT2D eigenvalue weighted by molar-refractivity contribution is 5.79. The van der Waals surface area contributed by atoms with Crippen molar-refractivity contribution in [2.24, 2.45) is 5.92 Å². The minimum atomic E-state index is 0.0619. The van der Waals surface area contributed by atoms with Crippen LogP contribution in [0.15, 0.2) is 28.9 Å². The summed E-state index contributed by atoms with van der Waals surface area (Å²) in [7, 11) is 0. The van der Waals surface area contributed by atoms with Crippen molar-refractivity contribution in [2.45, 2.75) is 33.2 Å². The molecule has 3 heterocycles. The lowest BCUT2D eigenvalue weighted by Gasteiger charge is -2.33. The van der Waals surface area contributed by atoms with Crippen LogP contribution in [-0.2, 0) is 11.3 Å². The summed E-state index contributed by atoms with van der Waals surface area (Å²) in [5, 5.41) is 4.01. The van der Waals surface area contributed by atoms with Gasteiger partial charge < -0.3 is 9.42 Å². The van der Waals surface area contributed by atoms with Crippen molar-refractivity contribution in [3.05, 3.63) is 30.3 Å². The molecule has 25 heavy (non-hydrogen) atoms. The van der Waals surface area contributed by atoms with Crippen molar-refractivity contribution in [1.82, 2.24) is 24.9 Å². The molecule has 2 aromatic heterocycles. The van der Waals surface area contributed by atoms with Crippen molar-refractivity contribution < 1.29 is 9.32 Å². The molecule has 1 amide bonds. The fourth-order valence-electron chi connectivity index (χ4n) is 3.30. The van der Waals surface area contributed by atoms with E-state index in [1.807, 2.05) is 36.9 Å². The predicted octanol–water partition coefficient (Wildman–Crippen LogP) is 2.21. The van der Waals surface area contributed by atoms with Gasteiger partial charge in [0.2, 0.25) is 17.6 Å². The van der Waals surface area contributed by atoms with Crippen LogP contribution in [0, 0.1) is 5.92 Å². The fourth-order valence-corrected chi connectivity index (χ4v) is 3.30. The lowest BCUT2D eigenvalue weighted by atomic mass is 9.96. The Kier molecular flexibility index (Phi) is 5.75. The number of carbonyl (C=O) groups is 1. The van der Waals surface area contributed by atoms with Gasteiger partial charge in [-0.2, -0.15) is 4.98 Å². The summed E-state index contributed by atoms with van der Waals surface area (Å²) in [5.41, 5.74) is 0.700. The summed E-state index contributed by atoms with van der Waals surface area (Å²) >= 11 is 0. The minimum absolute atomic E-state index is 0.0619. The number of pyridine rings is 1. The van der Waals surface area contributed by atoms with Gasteiger partial charge in [-0.3, -0.25) is 14.7 Å². The van der Waals surface area contributed by atoms with E-state index in [9.17, 15) is 4.79 Å². The van der Waals surface area contributed by atoms with Crippen molar-refractivity contribution in [2.75, 3.05) is 26.2 Å². The molecule has 7 heteroatoms. The first-order chi connectivity index (χ1) is 12.2. The van der Waals surface area contributed by atoms with Crippen molar-refractivity contribution in [3.63, 3.8) is 0 Å². The third kappa shape index (κ3) is 4.22. The summed E-state index contributed by atoms with van der Waals surface area (Å²) in [6.07, 6.45) is 3.67. The van der Waals surface area contributed by atoms with Crippen LogP contribution in [0.1, 0.15) is 32.6 Å². The second kappa shape index (κ2) is 8.20. The van der Waals surface area contributed by atoms with Crippen molar-refractivity contribution in [1.29, 1.82) is 0 Å². The maximum Gasteiger partial charge on any atom is 0.241 e. The summed E-state index contributed by atoms with van der Waals surface area (Å²) in [5.74, 6) is 1.39. The summed E-state index contributed by atoms with van der Waals surface area (Å²) < 4.78 is 5.37. The normalized spacial score (nSPS) is 18.2. The number of rotatable bonds is 6. The molecule has 0 spiro atoms. The molecule has 0 unspecified atom stereocenters. The first-order valence-corrected chi connectivity index (χ1v) is 8.96. The molecule has 0 radical (unpaired) electrons. The molecule has 2 aromatic rings. The molecule has 3 rings (SSSR count). The van der Waals surface area contributed by atoms with Crippen LogP contribution in [0.25, 0.3) is 11.5 Å². The molecule has 7 nitrogen and oxygen atoms in total. The number of piperidine rings is 1. The Bertz CT molecular complexity index is 684. The second-order valence-corrected chi connectivity index (χ2v) is 6.31. The zero-order valence-electron chi connectivity index (χ0n) is 14.9. The molecule has 1 atom stereocenters. The van der Waals surface area contributed by atoms with Gasteiger partial charge in [-0.05, 0) is 45.4 Å². The Hall–Kier alpha value is -2.28. The molecule has 1 aliphatic heterocycles. The van der Waals surface area contributed by atoms with E-state index in [4.69, 9.17) is 4.52 Å². The third-order valence-electron chi connectivity index (χ3n) is 4.65. The van der Waals surface area contributed by atoms with Crippen LogP contribution in [-0.4, -0.2) is 57.0 Å². The van der Waals surface area contributed by atoms with Gasteiger partial charge in [-0.1, -0.05) is 11.2 Å². The zero-order chi connectivity index (χ0) is 17.6. The number of aromatic nitrogens is 3. The van der Waals surface area contributed by atoms with E-state index in [0.717, 1.165) is 39.0 Å². The van der Waals surface area contributed by atoms with Gasteiger partial charge in [0.15, 0.2) is 0 Å². The lowest BCUT2D eigenvalue weighted by Crippen LogP contribution is -2.44. The number of hydrogen-bond donors (Lipinski definition) is 0. The highest BCUT2D eigenvalue weighted by Crippen LogP contribution is 2.21. The molecule has 0 aromatic carbocycles. The van der Waals surface area contributed by atoms with Crippen LogP contribution >= 0.6 is 0 Å². The molecular formula is C18H25N5O2. The smallest absolute Gasteiger partial charge is 0.241 e. The topological polar surface area (TPSA) is 75.4 Å². The largest absolute Gasteiger partial charge is 0.343 e. The van der Waals surface area contributed by atoms with Crippen LogP contribution < -0.4 is 0 Å². The Morgan fingerprint density at radius 2 is 2.20 bits per heavy atom. The average Bonchev–Trinajstić information content (AvgIpc) is 3.12. The highest BCUT2D eigenvalue weighted by atomic mass is 16.5. The molecule has 1 fully saturated rings. The average molecular weight is 343 g/mol. The monoisotopic (exact) mass is 343 g/mol. The van der Waals surface area contributed by atoms with E-state index in [1.165, 1.54) is 0 Å². The van der Waals surface area contributed by atoms with E-state index < -0.39 is 0 Å². The van der Waals surface area contributed by atoms with Crippen molar-refractivity contribution in [3.8, 4) is 11.5 Å². The lowest BCUT2D eigenvalue weighted by molar-refractivity contribution is -0.137. The number of hydrogen-bond acceptors (Lipinski definition) is 6. The Morgan fingerprint density at radius 1 is 1.36 bits per heavy atom.